The maximum absolute atomic E-state index is 12.5. The van der Waals surface area contributed by atoms with Gasteiger partial charge in [-0.3, -0.25) is 10.4 Å². The molecular weight excluding hydrogens is 383 g/mol. The number of hydrogen-bond donors (Lipinski definition) is 1. The van der Waals surface area contributed by atoms with Gasteiger partial charge in [0.25, 0.3) is 0 Å². The molecule has 0 saturated heterocycles. The molecule has 1 aliphatic rings. The standard InChI is InChI=1S/C18H17ClF3N3O2/c1-26-17-11-24(12-25(23-17)14-5-3-2-4-6-14)10-13-7-8-15(19)16(9-13)27-18(20,21)22/h2-9,11,23H,10,12H2,1H3. The van der Waals surface area contributed by atoms with Gasteiger partial charge in [-0.2, -0.15) is 0 Å². The lowest BCUT2D eigenvalue weighted by Gasteiger charge is -2.37. The number of alkyl halides is 3. The van der Waals surface area contributed by atoms with Crippen molar-refractivity contribution in [2.75, 3.05) is 18.8 Å². The van der Waals surface area contributed by atoms with Crippen LogP contribution in [0.4, 0.5) is 18.9 Å². The van der Waals surface area contributed by atoms with Crippen LogP contribution in [-0.2, 0) is 11.3 Å². The molecule has 2 aromatic rings. The number of ether oxygens (including phenoxy) is 2. The molecule has 0 bridgehead atoms. The van der Waals surface area contributed by atoms with Gasteiger partial charge in [0, 0.05) is 6.54 Å². The van der Waals surface area contributed by atoms with Crippen LogP contribution in [0, 0.1) is 0 Å². The van der Waals surface area contributed by atoms with Crippen molar-refractivity contribution in [3.63, 3.8) is 0 Å². The minimum Gasteiger partial charge on any atom is -0.480 e. The Kier molecular flexibility index (Phi) is 5.55. The Bertz CT molecular complexity index is 815. The van der Waals surface area contributed by atoms with E-state index >= 15 is 0 Å². The number of hydrazine groups is 1. The fourth-order valence-corrected chi connectivity index (χ4v) is 2.77. The fraction of sp³-hybridized carbons (Fsp3) is 0.222. The first-order valence-corrected chi connectivity index (χ1v) is 8.35. The monoisotopic (exact) mass is 399 g/mol. The number of benzene rings is 2. The van der Waals surface area contributed by atoms with Gasteiger partial charge < -0.3 is 14.4 Å². The zero-order valence-corrected chi connectivity index (χ0v) is 15.1. The van der Waals surface area contributed by atoms with E-state index in [0.717, 1.165) is 5.69 Å². The van der Waals surface area contributed by atoms with Gasteiger partial charge in [-0.1, -0.05) is 35.9 Å². The highest BCUT2D eigenvalue weighted by Gasteiger charge is 2.32. The lowest BCUT2D eigenvalue weighted by molar-refractivity contribution is -0.274. The average Bonchev–Trinajstić information content (AvgIpc) is 2.64. The van der Waals surface area contributed by atoms with E-state index in [1.54, 1.807) is 12.3 Å². The highest BCUT2D eigenvalue weighted by molar-refractivity contribution is 6.32. The molecule has 0 fully saturated rings. The molecular formula is C18H17ClF3N3O2. The molecule has 2 aromatic carbocycles. The molecule has 0 unspecified atom stereocenters. The molecule has 0 amide bonds. The summed E-state index contributed by atoms with van der Waals surface area (Å²) < 4.78 is 46.8. The molecule has 0 aliphatic carbocycles. The zero-order valence-electron chi connectivity index (χ0n) is 14.3. The summed E-state index contributed by atoms with van der Waals surface area (Å²) in [6.45, 7) is 0.790. The van der Waals surface area contributed by atoms with Gasteiger partial charge in [0.1, 0.15) is 12.4 Å². The van der Waals surface area contributed by atoms with Gasteiger partial charge >= 0.3 is 6.36 Å². The van der Waals surface area contributed by atoms with Crippen molar-refractivity contribution < 1.29 is 22.6 Å². The van der Waals surface area contributed by atoms with Crippen LogP contribution in [0.25, 0.3) is 0 Å². The molecule has 0 saturated carbocycles. The Morgan fingerprint density at radius 2 is 1.89 bits per heavy atom. The SMILES string of the molecule is COC1=CN(Cc2ccc(Cl)c(OC(F)(F)F)c2)CN(c2ccccc2)N1. The lowest BCUT2D eigenvalue weighted by Crippen LogP contribution is -2.48. The summed E-state index contributed by atoms with van der Waals surface area (Å²) in [5, 5.41) is 1.76. The molecule has 9 heteroatoms. The molecule has 0 atom stereocenters. The second-order valence-corrected chi connectivity index (χ2v) is 6.18. The number of hydrogen-bond acceptors (Lipinski definition) is 5. The van der Waals surface area contributed by atoms with Crippen LogP contribution in [0.15, 0.2) is 60.6 Å². The Hall–Kier alpha value is -2.74. The quantitative estimate of drug-likeness (QED) is 0.803. The normalized spacial score (nSPS) is 14.5. The van der Waals surface area contributed by atoms with Crippen molar-refractivity contribution in [2.45, 2.75) is 12.9 Å². The van der Waals surface area contributed by atoms with Crippen LogP contribution in [0.1, 0.15) is 5.56 Å². The van der Waals surface area contributed by atoms with Gasteiger partial charge in [-0.15, -0.1) is 13.2 Å². The number of anilines is 1. The van der Waals surface area contributed by atoms with Crippen LogP contribution in [-0.4, -0.2) is 25.0 Å². The first-order valence-electron chi connectivity index (χ1n) is 7.97. The number of methoxy groups -OCH3 is 1. The minimum absolute atomic E-state index is 0.101. The van der Waals surface area contributed by atoms with E-state index in [9.17, 15) is 13.2 Å². The summed E-state index contributed by atoms with van der Waals surface area (Å²) in [6, 6.07) is 13.9. The first kappa shape index (κ1) is 19.0. The fourth-order valence-electron chi connectivity index (χ4n) is 2.62. The van der Waals surface area contributed by atoms with Crippen molar-refractivity contribution in [3.05, 3.63) is 71.2 Å². The van der Waals surface area contributed by atoms with E-state index in [1.807, 2.05) is 40.2 Å². The van der Waals surface area contributed by atoms with Crippen LogP contribution < -0.4 is 15.2 Å². The maximum Gasteiger partial charge on any atom is 0.573 e. The maximum atomic E-state index is 12.5. The molecule has 1 aliphatic heterocycles. The smallest absolute Gasteiger partial charge is 0.480 e. The predicted octanol–water partition coefficient (Wildman–Crippen LogP) is 4.47. The van der Waals surface area contributed by atoms with Crippen molar-refractivity contribution in [1.29, 1.82) is 0 Å². The highest BCUT2D eigenvalue weighted by atomic mass is 35.5. The van der Waals surface area contributed by atoms with Gasteiger partial charge in [0.15, 0.2) is 0 Å². The van der Waals surface area contributed by atoms with Crippen LogP contribution >= 0.6 is 11.6 Å². The number of para-hydroxylation sites is 1. The average molecular weight is 400 g/mol. The summed E-state index contributed by atoms with van der Waals surface area (Å²) in [4.78, 5) is 1.89. The Balaban J connectivity index is 1.78. The van der Waals surface area contributed by atoms with E-state index in [-0.39, 0.29) is 5.02 Å². The second kappa shape index (κ2) is 7.87. The molecule has 27 heavy (non-hydrogen) atoms. The van der Waals surface area contributed by atoms with Crippen molar-refractivity contribution >= 4 is 17.3 Å². The van der Waals surface area contributed by atoms with Crippen LogP contribution in [0.3, 0.4) is 0 Å². The van der Waals surface area contributed by atoms with Gasteiger partial charge in [0.05, 0.1) is 24.0 Å². The third kappa shape index (κ3) is 5.13. The van der Waals surface area contributed by atoms with Crippen LogP contribution in [0.2, 0.25) is 5.02 Å². The third-order valence-electron chi connectivity index (χ3n) is 3.76. The molecule has 1 heterocycles. The molecule has 5 nitrogen and oxygen atoms in total. The third-order valence-corrected chi connectivity index (χ3v) is 4.08. The number of nitrogens with zero attached hydrogens (tertiary/aromatic N) is 2. The molecule has 0 spiro atoms. The molecule has 0 aromatic heterocycles. The summed E-state index contributed by atoms with van der Waals surface area (Å²) >= 11 is 5.81. The molecule has 144 valence electrons. The summed E-state index contributed by atoms with van der Waals surface area (Å²) in [6.07, 6.45) is -3.05. The number of nitrogens with one attached hydrogen (secondary N) is 1. The lowest BCUT2D eigenvalue weighted by atomic mass is 10.2. The van der Waals surface area contributed by atoms with Crippen molar-refractivity contribution in [3.8, 4) is 5.75 Å². The van der Waals surface area contributed by atoms with Crippen molar-refractivity contribution in [1.82, 2.24) is 10.3 Å². The number of rotatable bonds is 5. The second-order valence-electron chi connectivity index (χ2n) is 5.77. The molecule has 0 radical (unpaired) electrons. The van der Waals surface area contributed by atoms with E-state index in [2.05, 4.69) is 10.2 Å². The van der Waals surface area contributed by atoms with Gasteiger partial charge in [-0.25, -0.2) is 0 Å². The van der Waals surface area contributed by atoms with E-state index < -0.39 is 12.1 Å². The summed E-state index contributed by atoms with van der Waals surface area (Å²) in [5.41, 5.74) is 4.65. The predicted molar refractivity (Wildman–Crippen MR) is 95.7 cm³/mol. The highest BCUT2D eigenvalue weighted by Crippen LogP contribution is 2.31. The Morgan fingerprint density at radius 3 is 2.56 bits per heavy atom. The Labute approximate surface area is 159 Å². The van der Waals surface area contributed by atoms with Gasteiger partial charge in [-0.05, 0) is 29.8 Å². The van der Waals surface area contributed by atoms with E-state index in [1.165, 1.54) is 19.2 Å². The topological polar surface area (TPSA) is 37.0 Å². The minimum atomic E-state index is -4.80. The zero-order chi connectivity index (χ0) is 19.4. The first-order chi connectivity index (χ1) is 12.8. The summed E-state index contributed by atoms with van der Waals surface area (Å²) in [7, 11) is 1.53. The molecule has 3 rings (SSSR count). The molecule has 1 N–H and O–H groups in total. The number of halogens is 4. The van der Waals surface area contributed by atoms with Crippen LogP contribution in [0.5, 0.6) is 5.75 Å². The van der Waals surface area contributed by atoms with E-state index in [0.29, 0.717) is 24.7 Å². The van der Waals surface area contributed by atoms with Crippen molar-refractivity contribution in [2.24, 2.45) is 0 Å². The van der Waals surface area contributed by atoms with E-state index in [4.69, 9.17) is 16.3 Å². The van der Waals surface area contributed by atoms with Gasteiger partial charge in [0.2, 0.25) is 5.88 Å². The largest absolute Gasteiger partial charge is 0.573 e. The Morgan fingerprint density at radius 1 is 1.15 bits per heavy atom. The summed E-state index contributed by atoms with van der Waals surface area (Å²) in [5.74, 6) is 0.0819.